The van der Waals surface area contributed by atoms with Crippen molar-refractivity contribution >= 4 is 5.91 Å². The molecular formula is C8H16N2O3. The average Bonchev–Trinajstić information content (AvgIpc) is 2.16. The summed E-state index contributed by atoms with van der Waals surface area (Å²) < 4.78 is 5.20. The predicted molar refractivity (Wildman–Crippen MR) is 47.1 cm³/mol. The molecule has 1 amide bonds. The Morgan fingerprint density at radius 3 is 3.08 bits per heavy atom. The van der Waals surface area contributed by atoms with Gasteiger partial charge in [0.05, 0.1) is 25.4 Å². The largest absolute Gasteiger partial charge is 0.394 e. The van der Waals surface area contributed by atoms with E-state index in [0.29, 0.717) is 19.7 Å². The van der Waals surface area contributed by atoms with Gasteiger partial charge in [0.2, 0.25) is 5.91 Å². The van der Waals surface area contributed by atoms with E-state index in [4.69, 9.17) is 15.6 Å². The lowest BCUT2D eigenvalue weighted by atomic mass is 10.2. The van der Waals surface area contributed by atoms with Crippen molar-refractivity contribution in [1.29, 1.82) is 0 Å². The van der Waals surface area contributed by atoms with Crippen LogP contribution >= 0.6 is 0 Å². The van der Waals surface area contributed by atoms with Crippen LogP contribution in [0.25, 0.3) is 0 Å². The van der Waals surface area contributed by atoms with Crippen LogP contribution in [0.1, 0.15) is 6.92 Å². The van der Waals surface area contributed by atoms with Gasteiger partial charge in [-0.2, -0.15) is 0 Å². The highest BCUT2D eigenvalue weighted by molar-refractivity contribution is 5.81. The van der Waals surface area contributed by atoms with Gasteiger partial charge >= 0.3 is 0 Å². The Morgan fingerprint density at radius 2 is 2.54 bits per heavy atom. The number of carbonyl (C=O) groups is 1. The number of carbonyl (C=O) groups excluding carboxylic acids is 1. The molecule has 5 heteroatoms. The molecule has 3 N–H and O–H groups in total. The van der Waals surface area contributed by atoms with Crippen molar-refractivity contribution in [3.05, 3.63) is 0 Å². The Labute approximate surface area is 77.5 Å². The van der Waals surface area contributed by atoms with Crippen LogP contribution in [0.15, 0.2) is 0 Å². The van der Waals surface area contributed by atoms with E-state index in [1.807, 2.05) is 0 Å². The minimum atomic E-state index is -0.475. The van der Waals surface area contributed by atoms with Crippen molar-refractivity contribution < 1.29 is 14.6 Å². The van der Waals surface area contributed by atoms with Crippen molar-refractivity contribution in [2.45, 2.75) is 19.1 Å². The van der Waals surface area contributed by atoms with Crippen molar-refractivity contribution in [2.75, 3.05) is 26.3 Å². The van der Waals surface area contributed by atoms with Crippen molar-refractivity contribution in [1.82, 2.24) is 4.90 Å². The van der Waals surface area contributed by atoms with Gasteiger partial charge < -0.3 is 20.5 Å². The Morgan fingerprint density at radius 1 is 1.85 bits per heavy atom. The van der Waals surface area contributed by atoms with Gasteiger partial charge in [-0.1, -0.05) is 0 Å². The standard InChI is InChI=1S/C8H16N2O3/c1-6(9)8(12)10-2-3-13-7(4-10)5-11/h6-7,11H,2-5,9H2,1H3. The van der Waals surface area contributed by atoms with Crippen LogP contribution in [0.4, 0.5) is 0 Å². The Kier molecular flexibility index (Phi) is 3.65. The molecule has 1 fully saturated rings. The third-order valence-corrected chi connectivity index (χ3v) is 2.04. The first kappa shape index (κ1) is 10.4. The molecule has 2 unspecified atom stereocenters. The number of nitrogens with zero attached hydrogens (tertiary/aromatic N) is 1. The smallest absolute Gasteiger partial charge is 0.239 e. The lowest BCUT2D eigenvalue weighted by Gasteiger charge is -2.32. The molecule has 0 saturated carbocycles. The van der Waals surface area contributed by atoms with Gasteiger partial charge in [0.25, 0.3) is 0 Å². The molecule has 0 bridgehead atoms. The molecule has 2 atom stereocenters. The van der Waals surface area contributed by atoms with E-state index in [0.717, 1.165) is 0 Å². The number of nitrogens with two attached hydrogens (primary N) is 1. The molecule has 0 radical (unpaired) electrons. The van der Waals surface area contributed by atoms with Crippen LogP contribution in [0, 0.1) is 0 Å². The maximum absolute atomic E-state index is 11.4. The number of rotatable bonds is 2. The summed E-state index contributed by atoms with van der Waals surface area (Å²) in [4.78, 5) is 13.1. The summed E-state index contributed by atoms with van der Waals surface area (Å²) in [5.74, 6) is -0.0817. The van der Waals surface area contributed by atoms with Crippen LogP contribution < -0.4 is 5.73 Å². The highest BCUT2D eigenvalue weighted by atomic mass is 16.5. The predicted octanol–water partition coefficient (Wildman–Crippen LogP) is -1.45. The quantitative estimate of drug-likeness (QED) is 0.556. The first-order valence-corrected chi connectivity index (χ1v) is 4.42. The van der Waals surface area contributed by atoms with E-state index in [1.165, 1.54) is 0 Å². The molecule has 1 heterocycles. The summed E-state index contributed by atoms with van der Waals surface area (Å²) in [6, 6.07) is -0.475. The molecule has 13 heavy (non-hydrogen) atoms. The molecule has 1 saturated heterocycles. The summed E-state index contributed by atoms with van der Waals surface area (Å²) in [5, 5.41) is 8.83. The maximum Gasteiger partial charge on any atom is 0.239 e. The number of morpholine rings is 1. The normalized spacial score (nSPS) is 25.8. The van der Waals surface area contributed by atoms with E-state index in [-0.39, 0.29) is 18.6 Å². The van der Waals surface area contributed by atoms with Gasteiger partial charge in [0.15, 0.2) is 0 Å². The molecular weight excluding hydrogens is 172 g/mol. The molecule has 0 aromatic carbocycles. The zero-order valence-electron chi connectivity index (χ0n) is 7.77. The third-order valence-electron chi connectivity index (χ3n) is 2.04. The van der Waals surface area contributed by atoms with Gasteiger partial charge in [-0.25, -0.2) is 0 Å². The van der Waals surface area contributed by atoms with E-state index in [1.54, 1.807) is 11.8 Å². The van der Waals surface area contributed by atoms with Crippen LogP contribution in [0.2, 0.25) is 0 Å². The van der Waals surface area contributed by atoms with Gasteiger partial charge in [0.1, 0.15) is 0 Å². The average molecular weight is 188 g/mol. The second-order valence-corrected chi connectivity index (χ2v) is 3.25. The van der Waals surface area contributed by atoms with Crippen molar-refractivity contribution in [3.8, 4) is 0 Å². The summed E-state index contributed by atoms with van der Waals surface area (Å²) in [6.45, 7) is 3.09. The first-order chi connectivity index (χ1) is 6.15. The number of amides is 1. The second kappa shape index (κ2) is 4.55. The minimum Gasteiger partial charge on any atom is -0.394 e. The Bertz CT molecular complexity index is 184. The zero-order chi connectivity index (χ0) is 9.84. The lowest BCUT2D eigenvalue weighted by Crippen LogP contribution is -2.51. The second-order valence-electron chi connectivity index (χ2n) is 3.25. The molecule has 1 aliphatic rings. The van der Waals surface area contributed by atoms with Gasteiger partial charge in [0, 0.05) is 13.1 Å². The molecule has 0 aromatic heterocycles. The number of aliphatic hydroxyl groups excluding tert-OH is 1. The highest BCUT2D eigenvalue weighted by Gasteiger charge is 2.25. The number of hydrogen-bond donors (Lipinski definition) is 2. The van der Waals surface area contributed by atoms with Crippen molar-refractivity contribution in [3.63, 3.8) is 0 Å². The van der Waals surface area contributed by atoms with E-state index in [9.17, 15) is 4.79 Å². The fraction of sp³-hybridized carbons (Fsp3) is 0.875. The fourth-order valence-electron chi connectivity index (χ4n) is 1.32. The van der Waals surface area contributed by atoms with Crippen LogP contribution in [-0.4, -0.2) is 54.4 Å². The summed E-state index contributed by atoms with van der Waals surface area (Å²) in [7, 11) is 0. The summed E-state index contributed by atoms with van der Waals surface area (Å²) in [6.07, 6.45) is -0.253. The van der Waals surface area contributed by atoms with Crippen LogP contribution in [0.3, 0.4) is 0 Å². The maximum atomic E-state index is 11.4. The Balaban J connectivity index is 2.46. The van der Waals surface area contributed by atoms with Gasteiger partial charge in [-0.15, -0.1) is 0 Å². The molecule has 1 aliphatic heterocycles. The number of ether oxygens (including phenoxy) is 1. The lowest BCUT2D eigenvalue weighted by molar-refractivity contribution is -0.141. The third kappa shape index (κ3) is 2.65. The number of aliphatic hydroxyl groups is 1. The van der Waals surface area contributed by atoms with Crippen LogP contribution in [0.5, 0.6) is 0 Å². The SMILES string of the molecule is CC(N)C(=O)N1CCOC(CO)C1. The fourth-order valence-corrected chi connectivity index (χ4v) is 1.32. The van der Waals surface area contributed by atoms with Gasteiger partial charge in [-0.3, -0.25) is 4.79 Å². The topological polar surface area (TPSA) is 75.8 Å². The molecule has 76 valence electrons. The monoisotopic (exact) mass is 188 g/mol. The van der Waals surface area contributed by atoms with E-state index in [2.05, 4.69) is 0 Å². The van der Waals surface area contributed by atoms with E-state index >= 15 is 0 Å². The summed E-state index contributed by atoms with van der Waals surface area (Å²) in [5.41, 5.74) is 5.46. The van der Waals surface area contributed by atoms with E-state index < -0.39 is 6.04 Å². The molecule has 0 aliphatic carbocycles. The first-order valence-electron chi connectivity index (χ1n) is 4.42. The molecule has 0 spiro atoms. The Hall–Kier alpha value is -0.650. The molecule has 5 nitrogen and oxygen atoms in total. The highest BCUT2D eigenvalue weighted by Crippen LogP contribution is 2.05. The summed E-state index contributed by atoms with van der Waals surface area (Å²) >= 11 is 0. The molecule has 0 aromatic rings. The number of hydrogen-bond acceptors (Lipinski definition) is 4. The zero-order valence-corrected chi connectivity index (χ0v) is 7.77. The van der Waals surface area contributed by atoms with Crippen LogP contribution in [-0.2, 0) is 9.53 Å². The van der Waals surface area contributed by atoms with Gasteiger partial charge in [-0.05, 0) is 6.92 Å². The molecule has 1 rings (SSSR count). The van der Waals surface area contributed by atoms with Crippen molar-refractivity contribution in [2.24, 2.45) is 5.73 Å². The minimum absolute atomic E-state index is 0.0528.